The van der Waals surface area contributed by atoms with Crippen molar-refractivity contribution in [1.29, 1.82) is 0 Å². The molecule has 0 aliphatic carbocycles. The molecule has 0 atom stereocenters. The first-order chi connectivity index (χ1) is 9.67. The second-order valence-electron chi connectivity index (χ2n) is 6.10. The summed E-state index contributed by atoms with van der Waals surface area (Å²) in [5, 5.41) is 11.8. The van der Waals surface area contributed by atoms with E-state index in [0.29, 0.717) is 5.69 Å². The highest BCUT2D eigenvalue weighted by Gasteiger charge is 2.30. The Balaban J connectivity index is 2.23. The Hall–Kier alpha value is -2.37. The van der Waals surface area contributed by atoms with E-state index in [1.54, 1.807) is 6.07 Å². The second kappa shape index (κ2) is 5.20. The number of hydrogen-bond donors (Lipinski definition) is 2. The first-order valence-electron chi connectivity index (χ1n) is 6.65. The molecular weight excluding hydrogens is 272 g/mol. The zero-order valence-corrected chi connectivity index (χ0v) is 12.3. The molecule has 0 radical (unpaired) electrons. The van der Waals surface area contributed by atoms with Gasteiger partial charge in [-0.25, -0.2) is 4.79 Å². The number of anilines is 1. The van der Waals surface area contributed by atoms with Gasteiger partial charge in [-0.05, 0) is 38.5 Å². The normalized spacial score (nSPS) is 14.0. The predicted octanol–water partition coefficient (Wildman–Crippen LogP) is 1.19. The molecule has 1 aliphatic heterocycles. The van der Waals surface area contributed by atoms with E-state index in [1.165, 1.54) is 17.0 Å². The van der Waals surface area contributed by atoms with Crippen molar-refractivity contribution in [3.8, 4) is 0 Å². The highest BCUT2D eigenvalue weighted by molar-refractivity contribution is 6.06. The van der Waals surface area contributed by atoms with E-state index in [0.717, 1.165) is 5.56 Å². The summed E-state index contributed by atoms with van der Waals surface area (Å²) < 4.78 is 0. The van der Waals surface area contributed by atoms with Gasteiger partial charge in [0.1, 0.15) is 6.54 Å². The number of aromatic carboxylic acids is 1. The minimum Gasteiger partial charge on any atom is -0.478 e. The minimum atomic E-state index is -1.06. The third-order valence-electron chi connectivity index (χ3n) is 3.08. The van der Waals surface area contributed by atoms with Gasteiger partial charge < -0.3 is 15.3 Å². The van der Waals surface area contributed by atoms with E-state index < -0.39 is 5.97 Å². The zero-order chi connectivity index (χ0) is 15.8. The van der Waals surface area contributed by atoms with Gasteiger partial charge in [0.15, 0.2) is 0 Å². The molecule has 21 heavy (non-hydrogen) atoms. The lowest BCUT2D eigenvalue weighted by Gasteiger charge is -2.23. The summed E-state index contributed by atoms with van der Waals surface area (Å²) in [5.74, 6) is -1.53. The fourth-order valence-electron chi connectivity index (χ4n) is 2.27. The van der Waals surface area contributed by atoms with Gasteiger partial charge in [0, 0.05) is 11.2 Å². The monoisotopic (exact) mass is 290 g/mol. The summed E-state index contributed by atoms with van der Waals surface area (Å²) in [6.07, 6.45) is 0.192. The van der Waals surface area contributed by atoms with Crippen LogP contribution in [0.3, 0.4) is 0 Å². The first kappa shape index (κ1) is 15.0. The number of carboxylic acid groups (broad SMARTS) is 1. The fraction of sp³-hybridized carbons (Fsp3) is 0.400. The molecule has 0 saturated carbocycles. The number of amides is 2. The highest BCUT2D eigenvalue weighted by Crippen LogP contribution is 2.29. The maximum Gasteiger partial charge on any atom is 0.335 e. The second-order valence-corrected chi connectivity index (χ2v) is 6.10. The van der Waals surface area contributed by atoms with Crippen molar-refractivity contribution in [1.82, 2.24) is 5.32 Å². The molecule has 0 saturated heterocycles. The van der Waals surface area contributed by atoms with Crippen LogP contribution in [-0.2, 0) is 16.0 Å². The van der Waals surface area contributed by atoms with E-state index in [4.69, 9.17) is 5.11 Å². The van der Waals surface area contributed by atoms with E-state index in [2.05, 4.69) is 5.32 Å². The molecule has 6 heteroatoms. The topological polar surface area (TPSA) is 86.7 Å². The van der Waals surface area contributed by atoms with E-state index in [9.17, 15) is 14.4 Å². The van der Waals surface area contributed by atoms with Crippen LogP contribution in [0.4, 0.5) is 5.69 Å². The Labute approximate surface area is 122 Å². The van der Waals surface area contributed by atoms with E-state index >= 15 is 0 Å². The molecule has 1 aliphatic rings. The number of carboxylic acids is 1. The maximum absolute atomic E-state index is 12.0. The lowest BCUT2D eigenvalue weighted by atomic mass is 10.1. The van der Waals surface area contributed by atoms with Crippen LogP contribution in [0.2, 0.25) is 0 Å². The number of nitrogens with zero attached hydrogens (tertiary/aromatic N) is 1. The third-order valence-corrected chi connectivity index (χ3v) is 3.08. The molecule has 0 spiro atoms. The largest absolute Gasteiger partial charge is 0.478 e. The van der Waals surface area contributed by atoms with Gasteiger partial charge in [-0.3, -0.25) is 9.59 Å². The van der Waals surface area contributed by atoms with Crippen LogP contribution >= 0.6 is 0 Å². The zero-order valence-electron chi connectivity index (χ0n) is 12.3. The van der Waals surface area contributed by atoms with Crippen molar-refractivity contribution < 1.29 is 19.5 Å². The standard InChI is InChI=1S/C15H18N2O4/c1-15(2,3)16-12(18)8-17-11-6-10(14(20)21)5-4-9(11)7-13(17)19/h4-6H,7-8H2,1-3H3,(H,16,18)(H,20,21). The molecular formula is C15H18N2O4. The average molecular weight is 290 g/mol. The third kappa shape index (κ3) is 3.39. The Bertz CT molecular complexity index is 617. The molecule has 1 heterocycles. The SMILES string of the molecule is CC(C)(C)NC(=O)CN1C(=O)Cc2ccc(C(=O)O)cc21. The molecule has 0 bridgehead atoms. The van der Waals surface area contributed by atoms with Gasteiger partial charge in [-0.1, -0.05) is 6.07 Å². The van der Waals surface area contributed by atoms with Gasteiger partial charge >= 0.3 is 5.97 Å². The van der Waals surface area contributed by atoms with Crippen LogP contribution < -0.4 is 10.2 Å². The number of benzene rings is 1. The smallest absolute Gasteiger partial charge is 0.335 e. The molecule has 112 valence electrons. The van der Waals surface area contributed by atoms with Crippen LogP contribution in [0, 0.1) is 0 Å². The highest BCUT2D eigenvalue weighted by atomic mass is 16.4. The number of fused-ring (bicyclic) bond motifs is 1. The number of carbonyl (C=O) groups is 3. The summed E-state index contributed by atoms with van der Waals surface area (Å²) >= 11 is 0. The van der Waals surface area contributed by atoms with Gasteiger partial charge in [-0.15, -0.1) is 0 Å². The minimum absolute atomic E-state index is 0.102. The van der Waals surface area contributed by atoms with Crippen molar-refractivity contribution in [3.05, 3.63) is 29.3 Å². The number of hydrogen-bond acceptors (Lipinski definition) is 3. The maximum atomic E-state index is 12.0. The molecule has 0 fully saturated rings. The predicted molar refractivity (Wildman–Crippen MR) is 77.4 cm³/mol. The van der Waals surface area contributed by atoms with Crippen molar-refractivity contribution in [2.45, 2.75) is 32.7 Å². The average Bonchev–Trinajstić information content (AvgIpc) is 2.63. The molecule has 2 rings (SSSR count). The molecule has 1 aromatic rings. The van der Waals surface area contributed by atoms with Crippen molar-refractivity contribution in [2.75, 3.05) is 11.4 Å². The van der Waals surface area contributed by atoms with Crippen molar-refractivity contribution in [3.63, 3.8) is 0 Å². The first-order valence-corrected chi connectivity index (χ1v) is 6.65. The summed E-state index contributed by atoms with van der Waals surface area (Å²) in [7, 11) is 0. The van der Waals surface area contributed by atoms with E-state index in [-0.39, 0.29) is 35.9 Å². The summed E-state index contributed by atoms with van der Waals surface area (Å²) in [6, 6.07) is 4.53. The number of rotatable bonds is 3. The van der Waals surface area contributed by atoms with Gasteiger partial charge in [0.05, 0.1) is 12.0 Å². The van der Waals surface area contributed by atoms with Crippen LogP contribution in [0.25, 0.3) is 0 Å². The lowest BCUT2D eigenvalue weighted by molar-refractivity contribution is -0.124. The van der Waals surface area contributed by atoms with Crippen LogP contribution in [0.15, 0.2) is 18.2 Å². The van der Waals surface area contributed by atoms with E-state index in [1.807, 2.05) is 20.8 Å². The number of carbonyl (C=O) groups excluding carboxylic acids is 2. The molecule has 0 aromatic heterocycles. The molecule has 0 unspecified atom stereocenters. The van der Waals surface area contributed by atoms with Crippen LogP contribution in [0.5, 0.6) is 0 Å². The Morgan fingerprint density at radius 2 is 2.00 bits per heavy atom. The quantitative estimate of drug-likeness (QED) is 0.875. The summed E-state index contributed by atoms with van der Waals surface area (Å²) in [4.78, 5) is 36.3. The molecule has 1 aromatic carbocycles. The Kier molecular flexibility index (Phi) is 3.72. The fourth-order valence-corrected chi connectivity index (χ4v) is 2.27. The van der Waals surface area contributed by atoms with Gasteiger partial charge in [-0.2, -0.15) is 0 Å². The van der Waals surface area contributed by atoms with Crippen LogP contribution in [0.1, 0.15) is 36.7 Å². The van der Waals surface area contributed by atoms with Crippen LogP contribution in [-0.4, -0.2) is 35.0 Å². The van der Waals surface area contributed by atoms with Gasteiger partial charge in [0.25, 0.3) is 0 Å². The summed E-state index contributed by atoms with van der Waals surface area (Å²) in [5.41, 5.74) is 0.966. The molecule has 2 amide bonds. The number of nitrogens with one attached hydrogen (secondary N) is 1. The van der Waals surface area contributed by atoms with Crippen molar-refractivity contribution in [2.24, 2.45) is 0 Å². The Morgan fingerprint density at radius 3 is 2.57 bits per heavy atom. The van der Waals surface area contributed by atoms with Crippen molar-refractivity contribution >= 4 is 23.5 Å². The van der Waals surface area contributed by atoms with Gasteiger partial charge in [0.2, 0.25) is 11.8 Å². The molecule has 6 nitrogen and oxygen atoms in total. The summed E-state index contributed by atoms with van der Waals surface area (Å²) in [6.45, 7) is 5.46. The molecule has 2 N–H and O–H groups in total. The Morgan fingerprint density at radius 1 is 1.33 bits per heavy atom. The lowest BCUT2D eigenvalue weighted by Crippen LogP contribution is -2.46.